The smallest absolute Gasteiger partial charge is 0.341 e. The maximum absolute atomic E-state index is 13.9. The molecule has 3 aromatic heterocycles. The van der Waals surface area contributed by atoms with E-state index in [9.17, 15) is 28.8 Å². The maximum atomic E-state index is 13.9. The zero-order valence-electron chi connectivity index (χ0n) is 62.1. The van der Waals surface area contributed by atoms with Crippen molar-refractivity contribution in [2.75, 3.05) is 91.8 Å². The van der Waals surface area contributed by atoms with Crippen LogP contribution in [0.4, 0.5) is 0 Å². The minimum atomic E-state index is -1.47. The lowest BCUT2D eigenvalue weighted by Gasteiger charge is -2.28. The highest BCUT2D eigenvalue weighted by Gasteiger charge is 2.39. The van der Waals surface area contributed by atoms with Gasteiger partial charge < -0.3 is 99.5 Å². The first-order chi connectivity index (χ1) is 54.6. The van der Waals surface area contributed by atoms with Gasteiger partial charge in [-0.3, -0.25) is 14.4 Å². The summed E-state index contributed by atoms with van der Waals surface area (Å²) in [5, 5.41) is 0. The Morgan fingerprint density at radius 3 is 0.839 bits per heavy atom. The lowest BCUT2D eigenvalue weighted by atomic mass is 9.97. The Morgan fingerprint density at radius 1 is 0.304 bits per heavy atom. The van der Waals surface area contributed by atoms with E-state index in [4.69, 9.17) is 99.5 Å². The predicted octanol–water partition coefficient (Wildman–Crippen LogP) is 11.7. The van der Waals surface area contributed by atoms with Crippen LogP contribution in [0.15, 0.2) is 202 Å². The lowest BCUT2D eigenvalue weighted by Crippen LogP contribution is -2.35. The van der Waals surface area contributed by atoms with Crippen molar-refractivity contribution in [3.8, 4) is 69.8 Å². The van der Waals surface area contributed by atoms with Gasteiger partial charge in [0, 0.05) is 61.8 Å². The van der Waals surface area contributed by atoms with Crippen molar-refractivity contribution in [3.05, 3.63) is 235 Å². The Morgan fingerprint density at radius 2 is 0.562 bits per heavy atom. The highest BCUT2D eigenvalue weighted by atomic mass is 16.8. The topological polar surface area (TPSA) is 374 Å². The zero-order chi connectivity index (χ0) is 79.9. The summed E-state index contributed by atoms with van der Waals surface area (Å²) < 4.78 is 119. The van der Waals surface area contributed by atoms with Gasteiger partial charge in [-0.2, -0.15) is 0 Å². The van der Waals surface area contributed by atoms with Crippen LogP contribution in [-0.4, -0.2) is 176 Å². The van der Waals surface area contributed by atoms with Crippen molar-refractivity contribution >= 4 is 52.5 Å². The second-order valence-corrected chi connectivity index (χ2v) is 22.6. The summed E-state index contributed by atoms with van der Waals surface area (Å²) in [4.78, 5) is 106. The minimum absolute atomic E-state index is 0.00356. The number of ether oxygens (including phenoxy) is 21. The summed E-state index contributed by atoms with van der Waals surface area (Å²) in [6.45, 7) is -1.24. The number of hydrogen-bond acceptors (Lipinski definition) is 33. The van der Waals surface area contributed by atoms with Gasteiger partial charge in [-0.1, -0.05) is 109 Å². The molecular formula is C79H76N6O27. The summed E-state index contributed by atoms with van der Waals surface area (Å²) in [6, 6.07) is 43.1. The second-order valence-electron chi connectivity index (χ2n) is 22.6. The van der Waals surface area contributed by atoms with E-state index in [1.807, 2.05) is 0 Å². The average molecular weight is 1540 g/mol. The highest BCUT2D eigenvalue weighted by Crippen LogP contribution is 2.41. The van der Waals surface area contributed by atoms with Gasteiger partial charge in [0.05, 0.1) is 74.2 Å². The fraction of sp³-hybridized carbons (Fsp3) is 0.241. The number of rotatable bonds is 40. The van der Waals surface area contributed by atoms with E-state index in [0.717, 1.165) is 26.0 Å². The maximum Gasteiger partial charge on any atom is 0.341 e. The van der Waals surface area contributed by atoms with Gasteiger partial charge >= 0.3 is 35.8 Å². The molecule has 0 saturated heterocycles. The Balaban J connectivity index is 0.868. The van der Waals surface area contributed by atoms with Gasteiger partial charge in [-0.25, -0.2) is 44.3 Å². The molecule has 0 radical (unpaired) electrons. The van der Waals surface area contributed by atoms with E-state index in [-0.39, 0.29) is 109 Å². The molecule has 9 aromatic rings. The third-order valence-electron chi connectivity index (χ3n) is 16.0. The molecule has 0 saturated carbocycles. The molecular weight excluding hydrogens is 1460 g/mol. The van der Waals surface area contributed by atoms with Crippen molar-refractivity contribution in [1.29, 1.82) is 0 Å². The number of carbonyl (C=O) groups excluding carboxylic acids is 6. The molecule has 0 amide bonds. The molecule has 9 rings (SSSR count). The molecule has 5 unspecified atom stereocenters. The van der Waals surface area contributed by atoms with Crippen molar-refractivity contribution in [1.82, 2.24) is 29.9 Å². The predicted molar refractivity (Wildman–Crippen MR) is 390 cm³/mol. The van der Waals surface area contributed by atoms with Crippen LogP contribution in [0.3, 0.4) is 0 Å². The van der Waals surface area contributed by atoms with E-state index >= 15 is 0 Å². The first-order valence-corrected chi connectivity index (χ1v) is 33.4. The van der Waals surface area contributed by atoms with E-state index in [1.54, 1.807) is 146 Å². The molecule has 5 atom stereocenters. The normalized spacial score (nSPS) is 12.8. The van der Waals surface area contributed by atoms with E-state index in [2.05, 4.69) is 29.9 Å². The van der Waals surface area contributed by atoms with Crippen LogP contribution in [-0.2, 0) is 99.8 Å². The van der Waals surface area contributed by atoms with Gasteiger partial charge in [0.15, 0.2) is 25.7 Å². The molecule has 0 aliphatic carbocycles. The van der Waals surface area contributed by atoms with Crippen LogP contribution in [0.2, 0.25) is 0 Å². The van der Waals surface area contributed by atoms with Crippen molar-refractivity contribution < 1.29 is 128 Å². The quantitative estimate of drug-likeness (QED) is 0.00859. The second kappa shape index (κ2) is 41.8. The minimum Gasteiger partial charge on any atom is -0.503 e. The summed E-state index contributed by atoms with van der Waals surface area (Å²) >= 11 is 0. The monoisotopic (exact) mass is 1540 g/mol. The first-order valence-electron chi connectivity index (χ1n) is 33.4. The Hall–Kier alpha value is -13.4. The van der Waals surface area contributed by atoms with Crippen LogP contribution >= 0.6 is 0 Å². The molecule has 6 aromatic carbocycles. The average Bonchev–Trinajstić information content (AvgIpc) is 0.812. The summed E-state index contributed by atoms with van der Waals surface area (Å²) in [5.74, 6) is -7.75. The molecule has 3 heterocycles. The molecule has 0 aliphatic heterocycles. The molecule has 0 aliphatic rings. The van der Waals surface area contributed by atoms with Crippen LogP contribution in [0.5, 0.6) is 69.8 Å². The molecule has 584 valence electrons. The largest absolute Gasteiger partial charge is 0.503 e. The number of nitrogens with zero attached hydrogens (tertiary/aromatic N) is 6. The van der Waals surface area contributed by atoms with Crippen molar-refractivity contribution in [2.45, 2.75) is 36.6 Å². The number of hydrogen-bond donors (Lipinski definition) is 0. The van der Waals surface area contributed by atoms with Gasteiger partial charge in [0.1, 0.15) is 100 Å². The molecule has 0 fully saturated rings. The summed E-state index contributed by atoms with van der Waals surface area (Å²) in [6.07, 6.45) is 2.95. The van der Waals surface area contributed by atoms with E-state index < -0.39 is 86.0 Å². The number of aromatic nitrogens is 6. The molecule has 0 bridgehead atoms. The third-order valence-corrected chi connectivity index (χ3v) is 16.0. The van der Waals surface area contributed by atoms with Gasteiger partial charge in [0.25, 0.3) is 0 Å². The third kappa shape index (κ3) is 21.3. The molecule has 0 N–H and O–H groups in total. The van der Waals surface area contributed by atoms with E-state index in [1.165, 1.54) is 108 Å². The SMILES string of the molecule is CO/C=C(/C(=O)OC)c1ccccc1Oc1cc(Oc2ccccc2/C(=C\OCO/C=C(/C(=O)OC)c2ccccc2Oc2cc(Oc3ccccc3C(C(=O)OC)C(OC)OCOC(OC)C(C(=O)OC)c3ccccc3Oc3cc(Oc4ccccc4C(C(=O)OC)C(OC)OC)ncn3)ncn2)C(=O)OC)ncn1. The summed E-state index contributed by atoms with van der Waals surface area (Å²) in [5.41, 5.74) is 1.32. The number of benzene rings is 6. The van der Waals surface area contributed by atoms with E-state index in [0.29, 0.717) is 11.1 Å². The van der Waals surface area contributed by atoms with Gasteiger partial charge in [-0.05, 0) is 36.4 Å². The molecule has 33 heteroatoms. The highest BCUT2D eigenvalue weighted by molar-refractivity contribution is 6.18. The fourth-order valence-electron chi connectivity index (χ4n) is 10.9. The Kier molecular flexibility index (Phi) is 30.8. The van der Waals surface area contributed by atoms with Crippen LogP contribution in [0.25, 0.3) is 16.7 Å². The molecule has 112 heavy (non-hydrogen) atoms. The number of esters is 6. The van der Waals surface area contributed by atoms with Gasteiger partial charge in [0.2, 0.25) is 42.1 Å². The molecule has 0 spiro atoms. The standard InChI is InChI=1S/C79H76N6O27/c1-92-39-53(71(86)93-2)47-24-12-18-30-56(47)107-62-36-63(81-42-80-62)108-57-31-19-13-25-48(57)54(72(87)94-3)40-103-45-104-41-55(73(88)95-4)49-26-14-20-32-58(49)109-64-37-65(83-43-82-64)111-60-34-22-16-28-51(60)69(75(90)97-6)78(101-10)105-46-106-79(102-11)70(76(91)98-7)52-29-17-23-35-61(52)112-67-38-66(84-44-85-67)110-59-33-21-15-27-50(59)68(74(89)96-5)77(99-8)100-9/h12-44,68-70,77-79H,45-46H2,1-11H3/b53-39+,54-40+,55-41+. The Labute approximate surface area is 641 Å². The number of methoxy groups -OCH3 is 11. The van der Waals surface area contributed by atoms with Crippen LogP contribution < -0.4 is 28.4 Å². The Bertz CT molecular complexity index is 4800. The van der Waals surface area contributed by atoms with Crippen molar-refractivity contribution in [3.63, 3.8) is 0 Å². The van der Waals surface area contributed by atoms with Crippen LogP contribution in [0, 0.1) is 0 Å². The van der Waals surface area contributed by atoms with Crippen LogP contribution in [0.1, 0.15) is 51.1 Å². The number of carbonyl (C=O) groups is 6. The fourth-order valence-corrected chi connectivity index (χ4v) is 10.9. The summed E-state index contributed by atoms with van der Waals surface area (Å²) in [7, 11) is 13.9. The van der Waals surface area contributed by atoms with Crippen molar-refractivity contribution in [2.24, 2.45) is 0 Å². The first kappa shape index (κ1) is 82.6. The number of para-hydroxylation sites is 6. The molecule has 33 nitrogen and oxygen atoms in total. The zero-order valence-corrected chi connectivity index (χ0v) is 62.1. The van der Waals surface area contributed by atoms with Gasteiger partial charge in [-0.15, -0.1) is 0 Å². The lowest BCUT2D eigenvalue weighted by molar-refractivity contribution is -0.247.